The van der Waals surface area contributed by atoms with Crippen molar-refractivity contribution in [1.29, 1.82) is 0 Å². The molecule has 0 spiro atoms. The number of hydrogen-bond acceptors (Lipinski definition) is 3. The Labute approximate surface area is 118 Å². The summed E-state index contributed by atoms with van der Waals surface area (Å²) in [6.07, 6.45) is 3.65. The summed E-state index contributed by atoms with van der Waals surface area (Å²) in [5.74, 6) is 0.718. The predicted octanol–water partition coefficient (Wildman–Crippen LogP) is 1.82. The normalized spacial score (nSPS) is 20.4. The third kappa shape index (κ3) is 2.22. The van der Waals surface area contributed by atoms with E-state index in [0.29, 0.717) is 6.04 Å². The number of imidazole rings is 1. The van der Waals surface area contributed by atoms with Gasteiger partial charge in [-0.05, 0) is 38.6 Å². The molecule has 0 amide bonds. The van der Waals surface area contributed by atoms with E-state index in [4.69, 9.17) is 4.74 Å². The lowest BCUT2D eigenvalue weighted by Gasteiger charge is -2.32. The van der Waals surface area contributed by atoms with Crippen molar-refractivity contribution in [2.75, 3.05) is 20.7 Å². The van der Waals surface area contributed by atoms with Crippen molar-refractivity contribution in [3.05, 3.63) is 28.7 Å². The van der Waals surface area contributed by atoms with Gasteiger partial charge in [0.15, 0.2) is 0 Å². The van der Waals surface area contributed by atoms with E-state index in [-0.39, 0.29) is 5.69 Å². The predicted molar refractivity (Wildman–Crippen MR) is 79.4 cm³/mol. The number of likely N-dealkylation sites (N-methyl/N-ethyl adjacent to an activating group) is 1. The van der Waals surface area contributed by atoms with Crippen molar-refractivity contribution in [2.45, 2.75) is 31.8 Å². The molecule has 2 aromatic rings. The lowest BCUT2D eigenvalue weighted by molar-refractivity contribution is 0.167. The van der Waals surface area contributed by atoms with E-state index in [1.807, 2.05) is 22.8 Å². The van der Waals surface area contributed by atoms with Crippen molar-refractivity contribution in [3.63, 3.8) is 0 Å². The molecule has 1 atom stereocenters. The Balaban J connectivity index is 1.99. The molecule has 0 radical (unpaired) electrons. The molecule has 20 heavy (non-hydrogen) atoms. The van der Waals surface area contributed by atoms with E-state index < -0.39 is 0 Å². The first-order chi connectivity index (χ1) is 9.70. The van der Waals surface area contributed by atoms with E-state index >= 15 is 0 Å². The Kier molecular flexibility index (Phi) is 3.53. The second-order valence-corrected chi connectivity index (χ2v) is 5.53. The number of fused-ring (bicyclic) bond motifs is 1. The SMILES string of the molecule is COc1cccc2c1[nH]c(=O)n2CC1CCCCN1C. The van der Waals surface area contributed by atoms with Crippen LogP contribution in [-0.2, 0) is 6.54 Å². The van der Waals surface area contributed by atoms with Crippen molar-refractivity contribution in [1.82, 2.24) is 14.5 Å². The monoisotopic (exact) mass is 275 g/mol. The molecule has 1 fully saturated rings. The molecule has 1 aromatic heterocycles. The van der Waals surface area contributed by atoms with Crippen LogP contribution in [0.2, 0.25) is 0 Å². The molecule has 2 heterocycles. The van der Waals surface area contributed by atoms with Crippen molar-refractivity contribution in [3.8, 4) is 5.75 Å². The molecular weight excluding hydrogens is 254 g/mol. The molecule has 5 nitrogen and oxygen atoms in total. The zero-order valence-corrected chi connectivity index (χ0v) is 12.1. The molecular formula is C15H21N3O2. The van der Waals surface area contributed by atoms with Crippen LogP contribution in [0.3, 0.4) is 0 Å². The molecule has 0 saturated carbocycles. The van der Waals surface area contributed by atoms with Gasteiger partial charge in [0.05, 0.1) is 12.6 Å². The van der Waals surface area contributed by atoms with Crippen LogP contribution in [0, 0.1) is 0 Å². The molecule has 1 aliphatic heterocycles. The number of benzene rings is 1. The molecule has 0 bridgehead atoms. The van der Waals surface area contributed by atoms with Crippen LogP contribution >= 0.6 is 0 Å². The first kappa shape index (κ1) is 13.2. The summed E-state index contributed by atoms with van der Waals surface area (Å²) in [5, 5.41) is 0. The van der Waals surface area contributed by atoms with Crippen LogP contribution in [0.15, 0.2) is 23.0 Å². The highest BCUT2D eigenvalue weighted by Crippen LogP contribution is 2.23. The van der Waals surface area contributed by atoms with Crippen LogP contribution in [0.1, 0.15) is 19.3 Å². The van der Waals surface area contributed by atoms with Crippen LogP contribution in [0.4, 0.5) is 0 Å². The van der Waals surface area contributed by atoms with Gasteiger partial charge in [0.1, 0.15) is 11.3 Å². The molecule has 108 valence electrons. The largest absolute Gasteiger partial charge is 0.494 e. The topological polar surface area (TPSA) is 50.3 Å². The van der Waals surface area contributed by atoms with Gasteiger partial charge in [-0.25, -0.2) is 4.79 Å². The fourth-order valence-electron chi connectivity index (χ4n) is 3.09. The highest BCUT2D eigenvalue weighted by Gasteiger charge is 2.21. The van der Waals surface area contributed by atoms with Gasteiger partial charge in [-0.1, -0.05) is 12.5 Å². The first-order valence-corrected chi connectivity index (χ1v) is 7.16. The van der Waals surface area contributed by atoms with Crippen LogP contribution in [0.25, 0.3) is 11.0 Å². The molecule has 1 aliphatic rings. The smallest absolute Gasteiger partial charge is 0.326 e. The fourth-order valence-corrected chi connectivity index (χ4v) is 3.09. The maximum absolute atomic E-state index is 12.2. The summed E-state index contributed by atoms with van der Waals surface area (Å²) in [7, 11) is 3.77. The zero-order valence-electron chi connectivity index (χ0n) is 12.1. The number of nitrogens with zero attached hydrogens (tertiary/aromatic N) is 2. The molecule has 1 saturated heterocycles. The molecule has 1 aromatic carbocycles. The fraction of sp³-hybridized carbons (Fsp3) is 0.533. The third-order valence-electron chi connectivity index (χ3n) is 4.31. The Morgan fingerprint density at radius 1 is 1.40 bits per heavy atom. The van der Waals surface area contributed by atoms with Gasteiger partial charge in [0.2, 0.25) is 0 Å². The number of hydrogen-bond donors (Lipinski definition) is 1. The van der Waals surface area contributed by atoms with E-state index in [2.05, 4.69) is 16.9 Å². The quantitative estimate of drug-likeness (QED) is 0.929. The second kappa shape index (κ2) is 5.32. The number of ether oxygens (including phenoxy) is 1. The third-order valence-corrected chi connectivity index (χ3v) is 4.31. The maximum Gasteiger partial charge on any atom is 0.326 e. The average Bonchev–Trinajstić information content (AvgIpc) is 2.77. The van der Waals surface area contributed by atoms with Gasteiger partial charge in [-0.3, -0.25) is 4.57 Å². The van der Waals surface area contributed by atoms with E-state index in [0.717, 1.165) is 36.3 Å². The van der Waals surface area contributed by atoms with Gasteiger partial charge < -0.3 is 14.6 Å². The van der Waals surface area contributed by atoms with Gasteiger partial charge in [0.25, 0.3) is 0 Å². The van der Waals surface area contributed by atoms with Gasteiger partial charge in [-0.2, -0.15) is 0 Å². The highest BCUT2D eigenvalue weighted by molar-refractivity contribution is 5.81. The standard InChI is InChI=1S/C15H21N3O2/c1-17-9-4-3-6-11(17)10-18-12-7-5-8-13(20-2)14(12)16-15(18)19/h5,7-8,11H,3-4,6,9-10H2,1-2H3,(H,16,19). The van der Waals surface area contributed by atoms with E-state index in [9.17, 15) is 4.79 Å². The lowest BCUT2D eigenvalue weighted by Crippen LogP contribution is -2.40. The number of aromatic amines is 1. The van der Waals surface area contributed by atoms with Crippen LogP contribution in [-0.4, -0.2) is 41.2 Å². The van der Waals surface area contributed by atoms with Crippen molar-refractivity contribution >= 4 is 11.0 Å². The molecule has 1 unspecified atom stereocenters. The summed E-state index contributed by atoms with van der Waals surface area (Å²) in [6.45, 7) is 1.85. The first-order valence-electron chi connectivity index (χ1n) is 7.16. The number of nitrogens with one attached hydrogen (secondary N) is 1. The van der Waals surface area contributed by atoms with E-state index in [1.165, 1.54) is 12.8 Å². The summed E-state index contributed by atoms with van der Waals surface area (Å²) in [4.78, 5) is 17.5. The minimum Gasteiger partial charge on any atom is -0.494 e. The van der Waals surface area contributed by atoms with Crippen molar-refractivity contribution < 1.29 is 4.74 Å². The lowest BCUT2D eigenvalue weighted by atomic mass is 10.0. The van der Waals surface area contributed by atoms with Crippen LogP contribution < -0.4 is 10.4 Å². The highest BCUT2D eigenvalue weighted by atomic mass is 16.5. The number of methoxy groups -OCH3 is 1. The Bertz CT molecular complexity index is 659. The molecule has 3 rings (SSSR count). The number of rotatable bonds is 3. The van der Waals surface area contributed by atoms with Gasteiger partial charge >= 0.3 is 5.69 Å². The number of para-hydroxylation sites is 1. The van der Waals surface area contributed by atoms with Crippen LogP contribution in [0.5, 0.6) is 5.75 Å². The van der Waals surface area contributed by atoms with E-state index in [1.54, 1.807) is 7.11 Å². The Morgan fingerprint density at radius 3 is 3.00 bits per heavy atom. The minimum atomic E-state index is -0.0523. The molecule has 1 N–H and O–H groups in total. The summed E-state index contributed by atoms with van der Waals surface area (Å²) >= 11 is 0. The Morgan fingerprint density at radius 2 is 2.25 bits per heavy atom. The number of aromatic nitrogens is 2. The number of likely N-dealkylation sites (tertiary alicyclic amines) is 1. The Hall–Kier alpha value is -1.75. The summed E-state index contributed by atoms with van der Waals surface area (Å²) in [6, 6.07) is 6.20. The molecule has 5 heteroatoms. The summed E-state index contributed by atoms with van der Waals surface area (Å²) in [5.41, 5.74) is 1.66. The van der Waals surface area contributed by atoms with Crippen molar-refractivity contribution in [2.24, 2.45) is 0 Å². The zero-order chi connectivity index (χ0) is 14.1. The van der Waals surface area contributed by atoms with Gasteiger partial charge in [0, 0.05) is 12.6 Å². The number of H-pyrrole nitrogens is 1. The maximum atomic E-state index is 12.2. The van der Waals surface area contributed by atoms with Gasteiger partial charge in [-0.15, -0.1) is 0 Å². The average molecular weight is 275 g/mol. The summed E-state index contributed by atoms with van der Waals surface area (Å²) < 4.78 is 7.15. The second-order valence-electron chi connectivity index (χ2n) is 5.53. The number of piperidine rings is 1. The molecule has 0 aliphatic carbocycles. The minimum absolute atomic E-state index is 0.0523.